The molecule has 0 aliphatic heterocycles. The summed E-state index contributed by atoms with van der Waals surface area (Å²) in [4.78, 5) is 15.1. The highest BCUT2D eigenvalue weighted by Gasteiger charge is 2.12. The third-order valence-electron chi connectivity index (χ3n) is 4.10. The molecule has 152 valence electrons. The second kappa shape index (κ2) is 18.3. The van der Waals surface area contributed by atoms with Crippen LogP contribution in [-0.2, 0) is 4.74 Å². The quantitative estimate of drug-likeness (QED) is 0.258. The summed E-state index contributed by atoms with van der Waals surface area (Å²) in [6.45, 7) is 6.83. The second-order valence-electron chi connectivity index (χ2n) is 6.23. The Labute approximate surface area is 159 Å². The molecule has 1 aromatic heterocycles. The third-order valence-corrected chi connectivity index (χ3v) is 4.10. The standard InChI is InChI=1S/C19H33NO4.C2H6/c1-3-4-5-6-7-8-9-10-11-12-13-14-15-23-19-20-17(16-24-19)18(21)22-2;1-2/h16H,3-15H2,1-2H3;1-2H3. The molecule has 5 nitrogen and oxygen atoms in total. The summed E-state index contributed by atoms with van der Waals surface area (Å²) in [6, 6.07) is 0. The van der Waals surface area contributed by atoms with Crippen LogP contribution in [-0.4, -0.2) is 24.7 Å². The summed E-state index contributed by atoms with van der Waals surface area (Å²) >= 11 is 0. The number of unbranched alkanes of at least 4 members (excludes halogenated alkanes) is 11. The van der Waals surface area contributed by atoms with Crippen LogP contribution in [0.3, 0.4) is 0 Å². The Kier molecular flexibility index (Phi) is 17.2. The number of rotatable bonds is 15. The van der Waals surface area contributed by atoms with Crippen molar-refractivity contribution in [2.24, 2.45) is 0 Å². The van der Waals surface area contributed by atoms with Gasteiger partial charge in [-0.05, 0) is 6.42 Å². The minimum Gasteiger partial charge on any atom is -0.464 e. The summed E-state index contributed by atoms with van der Waals surface area (Å²) in [5, 5.41) is 0. The van der Waals surface area contributed by atoms with Crippen molar-refractivity contribution in [3.8, 4) is 6.08 Å². The van der Waals surface area contributed by atoms with Gasteiger partial charge in [-0.25, -0.2) is 4.79 Å². The maximum atomic E-state index is 11.2. The van der Waals surface area contributed by atoms with Gasteiger partial charge >= 0.3 is 12.0 Å². The summed E-state index contributed by atoms with van der Waals surface area (Å²) < 4.78 is 15.0. The molecular weight excluding hydrogens is 330 g/mol. The second-order valence-corrected chi connectivity index (χ2v) is 6.23. The van der Waals surface area contributed by atoms with Gasteiger partial charge in [-0.1, -0.05) is 91.4 Å². The Hall–Kier alpha value is -1.52. The molecule has 0 aromatic carbocycles. The molecule has 0 amide bonds. The van der Waals surface area contributed by atoms with E-state index in [0.29, 0.717) is 6.61 Å². The number of aromatic nitrogens is 1. The Morgan fingerprint density at radius 2 is 1.42 bits per heavy atom. The number of hydrogen-bond acceptors (Lipinski definition) is 5. The van der Waals surface area contributed by atoms with Crippen molar-refractivity contribution < 1.29 is 18.7 Å². The first-order valence-corrected chi connectivity index (χ1v) is 10.4. The Morgan fingerprint density at radius 1 is 0.923 bits per heavy atom. The van der Waals surface area contributed by atoms with Crippen LogP contribution in [0.4, 0.5) is 0 Å². The number of oxazole rings is 1. The molecule has 1 aromatic rings. The van der Waals surface area contributed by atoms with Gasteiger partial charge in [0, 0.05) is 0 Å². The highest BCUT2D eigenvalue weighted by molar-refractivity contribution is 5.86. The molecule has 0 N–H and O–H groups in total. The zero-order chi connectivity index (χ0) is 19.5. The minimum absolute atomic E-state index is 0.137. The molecule has 26 heavy (non-hydrogen) atoms. The van der Waals surface area contributed by atoms with Crippen LogP contribution < -0.4 is 4.74 Å². The van der Waals surface area contributed by atoms with Gasteiger partial charge in [0.1, 0.15) is 6.26 Å². The average molecular weight is 370 g/mol. The maximum Gasteiger partial charge on any atom is 0.394 e. The van der Waals surface area contributed by atoms with E-state index in [2.05, 4.69) is 16.6 Å². The Balaban J connectivity index is 0.00000301. The summed E-state index contributed by atoms with van der Waals surface area (Å²) in [5.41, 5.74) is 0.141. The van der Waals surface area contributed by atoms with Crippen molar-refractivity contribution in [2.75, 3.05) is 13.7 Å². The van der Waals surface area contributed by atoms with Crippen molar-refractivity contribution in [2.45, 2.75) is 97.8 Å². The number of hydrogen-bond donors (Lipinski definition) is 0. The van der Waals surface area contributed by atoms with Crippen molar-refractivity contribution in [3.05, 3.63) is 12.0 Å². The molecule has 0 spiro atoms. The van der Waals surface area contributed by atoms with Crippen LogP contribution in [0, 0.1) is 0 Å². The fourth-order valence-corrected chi connectivity index (χ4v) is 2.62. The van der Waals surface area contributed by atoms with Crippen molar-refractivity contribution in [1.29, 1.82) is 0 Å². The lowest BCUT2D eigenvalue weighted by molar-refractivity contribution is 0.0593. The normalized spacial score (nSPS) is 10.2. The van der Waals surface area contributed by atoms with Crippen LogP contribution in [0.5, 0.6) is 6.08 Å². The van der Waals surface area contributed by atoms with E-state index < -0.39 is 5.97 Å². The predicted octanol–water partition coefficient (Wildman–Crippen LogP) is 6.57. The molecule has 5 heteroatoms. The molecular formula is C21H39NO4. The Morgan fingerprint density at radius 3 is 1.92 bits per heavy atom. The number of esters is 1. The van der Waals surface area contributed by atoms with Crippen LogP contribution in [0.15, 0.2) is 10.7 Å². The van der Waals surface area contributed by atoms with Gasteiger partial charge in [0.05, 0.1) is 13.7 Å². The molecule has 1 rings (SSSR count). The van der Waals surface area contributed by atoms with Gasteiger partial charge in [-0.3, -0.25) is 0 Å². The van der Waals surface area contributed by atoms with Crippen molar-refractivity contribution in [3.63, 3.8) is 0 Å². The van der Waals surface area contributed by atoms with E-state index in [1.165, 1.54) is 77.6 Å². The van der Waals surface area contributed by atoms with E-state index in [1.54, 1.807) is 0 Å². The molecule has 0 saturated heterocycles. The first kappa shape index (κ1) is 24.5. The number of nitrogens with zero attached hydrogens (tertiary/aromatic N) is 1. The van der Waals surface area contributed by atoms with E-state index in [4.69, 9.17) is 9.15 Å². The highest BCUT2D eigenvalue weighted by Crippen LogP contribution is 2.13. The molecule has 0 bridgehead atoms. The number of carbonyl (C=O) groups is 1. The molecule has 0 aliphatic carbocycles. The van der Waals surface area contributed by atoms with Crippen LogP contribution in [0.2, 0.25) is 0 Å². The summed E-state index contributed by atoms with van der Waals surface area (Å²) in [7, 11) is 1.31. The fourth-order valence-electron chi connectivity index (χ4n) is 2.62. The number of methoxy groups -OCH3 is 1. The van der Waals surface area contributed by atoms with E-state index in [-0.39, 0.29) is 11.8 Å². The predicted molar refractivity (Wildman–Crippen MR) is 106 cm³/mol. The van der Waals surface area contributed by atoms with E-state index >= 15 is 0 Å². The number of carbonyl (C=O) groups excluding carboxylic acids is 1. The van der Waals surface area contributed by atoms with Gasteiger partial charge in [0.25, 0.3) is 0 Å². The minimum atomic E-state index is -0.515. The van der Waals surface area contributed by atoms with Gasteiger partial charge < -0.3 is 13.9 Å². The van der Waals surface area contributed by atoms with E-state index in [0.717, 1.165) is 12.8 Å². The fraction of sp³-hybridized carbons (Fsp3) is 0.810. The first-order chi connectivity index (χ1) is 12.8. The third kappa shape index (κ3) is 12.8. The molecule has 0 unspecified atom stereocenters. The lowest BCUT2D eigenvalue weighted by Crippen LogP contribution is -2.02. The van der Waals surface area contributed by atoms with Crippen molar-refractivity contribution in [1.82, 2.24) is 4.98 Å². The largest absolute Gasteiger partial charge is 0.464 e. The van der Waals surface area contributed by atoms with E-state index in [1.807, 2.05) is 13.8 Å². The molecule has 0 radical (unpaired) electrons. The summed E-state index contributed by atoms with van der Waals surface area (Å²) in [5.74, 6) is -0.515. The van der Waals surface area contributed by atoms with E-state index in [9.17, 15) is 4.79 Å². The van der Waals surface area contributed by atoms with Crippen LogP contribution in [0.25, 0.3) is 0 Å². The molecule has 0 saturated carbocycles. The molecule has 0 fully saturated rings. The van der Waals surface area contributed by atoms with Gasteiger partial charge in [-0.15, -0.1) is 0 Å². The maximum absolute atomic E-state index is 11.2. The van der Waals surface area contributed by atoms with Crippen molar-refractivity contribution >= 4 is 5.97 Å². The van der Waals surface area contributed by atoms with Gasteiger partial charge in [-0.2, -0.15) is 4.98 Å². The highest BCUT2D eigenvalue weighted by atomic mass is 16.6. The lowest BCUT2D eigenvalue weighted by atomic mass is 10.1. The molecule has 0 aliphatic rings. The molecule has 0 atom stereocenters. The topological polar surface area (TPSA) is 61.6 Å². The van der Waals surface area contributed by atoms with Gasteiger partial charge in [0.15, 0.2) is 5.69 Å². The molecule has 1 heterocycles. The SMILES string of the molecule is CC.CCCCCCCCCCCCCCOc1nc(C(=O)OC)co1. The Bertz CT molecular complexity index is 431. The lowest BCUT2D eigenvalue weighted by Gasteiger charge is -2.03. The van der Waals surface area contributed by atoms with Gasteiger partial charge in [0.2, 0.25) is 0 Å². The zero-order valence-electron chi connectivity index (χ0n) is 17.3. The average Bonchev–Trinajstić information content (AvgIpc) is 3.15. The zero-order valence-corrected chi connectivity index (χ0v) is 17.3. The summed E-state index contributed by atoms with van der Waals surface area (Å²) in [6.07, 6.45) is 17.1. The first-order valence-electron chi connectivity index (χ1n) is 10.4. The number of ether oxygens (including phenoxy) is 2. The van der Waals surface area contributed by atoms with Crippen LogP contribution in [0.1, 0.15) is 108 Å². The monoisotopic (exact) mass is 369 g/mol. The van der Waals surface area contributed by atoms with Crippen LogP contribution >= 0.6 is 0 Å². The smallest absolute Gasteiger partial charge is 0.394 e.